The molecule has 0 aliphatic carbocycles. The summed E-state index contributed by atoms with van der Waals surface area (Å²) in [6.45, 7) is 2.67. The van der Waals surface area contributed by atoms with Crippen molar-refractivity contribution < 1.29 is 14.3 Å². The highest BCUT2D eigenvalue weighted by atomic mass is 16.5. The molecule has 3 aliphatic rings. The molecular weight excluding hydrogens is 286 g/mol. The van der Waals surface area contributed by atoms with Crippen LogP contribution in [0.15, 0.2) is 6.20 Å². The van der Waals surface area contributed by atoms with Gasteiger partial charge in [-0.15, -0.1) is 5.10 Å². The molecule has 0 spiro atoms. The number of carbonyl (C=O) groups excluding carboxylic acids is 2. The first kappa shape index (κ1) is 13.7. The van der Waals surface area contributed by atoms with Crippen LogP contribution in [0.5, 0.6) is 0 Å². The molecular formula is C14H19N5O3. The number of carbonyl (C=O) groups is 2. The van der Waals surface area contributed by atoms with Crippen LogP contribution in [0.25, 0.3) is 0 Å². The predicted molar refractivity (Wildman–Crippen MR) is 74.6 cm³/mol. The Balaban J connectivity index is 1.45. The summed E-state index contributed by atoms with van der Waals surface area (Å²) in [7, 11) is 0. The Hall–Kier alpha value is -1.96. The van der Waals surface area contributed by atoms with E-state index in [-0.39, 0.29) is 30.5 Å². The van der Waals surface area contributed by atoms with E-state index in [0.29, 0.717) is 32.7 Å². The molecule has 2 fully saturated rings. The summed E-state index contributed by atoms with van der Waals surface area (Å²) in [6, 6.07) is 0.0261. The van der Waals surface area contributed by atoms with Gasteiger partial charge in [0.05, 0.1) is 37.2 Å². The van der Waals surface area contributed by atoms with Crippen LogP contribution in [0.4, 0.5) is 0 Å². The molecule has 22 heavy (non-hydrogen) atoms. The van der Waals surface area contributed by atoms with Crippen LogP contribution in [-0.4, -0.2) is 68.9 Å². The molecule has 0 bridgehead atoms. The highest BCUT2D eigenvalue weighted by Crippen LogP contribution is 2.30. The summed E-state index contributed by atoms with van der Waals surface area (Å²) in [5.41, 5.74) is 0.949. The minimum Gasteiger partial charge on any atom is -0.370 e. The molecule has 1 aromatic heterocycles. The molecule has 0 N–H and O–H groups in total. The molecule has 4 heterocycles. The topological polar surface area (TPSA) is 80.6 Å². The number of nitrogens with zero attached hydrogens (tertiary/aromatic N) is 5. The first-order chi connectivity index (χ1) is 10.7. The number of ether oxygens (including phenoxy) is 1. The van der Waals surface area contributed by atoms with Crippen molar-refractivity contribution in [1.82, 2.24) is 24.8 Å². The van der Waals surface area contributed by atoms with E-state index in [4.69, 9.17) is 4.74 Å². The summed E-state index contributed by atoms with van der Waals surface area (Å²) in [5.74, 6) is 0.101. The lowest BCUT2D eigenvalue weighted by molar-refractivity contribution is -0.143. The van der Waals surface area contributed by atoms with E-state index in [1.165, 1.54) is 0 Å². The molecule has 3 aliphatic heterocycles. The number of fused-ring (bicyclic) bond motifs is 3. The second-order valence-electron chi connectivity index (χ2n) is 6.13. The summed E-state index contributed by atoms with van der Waals surface area (Å²) in [4.78, 5) is 27.6. The van der Waals surface area contributed by atoms with Crippen molar-refractivity contribution >= 4 is 11.8 Å². The number of hydrogen-bond donors (Lipinski definition) is 0. The number of hydrogen-bond acceptors (Lipinski definition) is 5. The van der Waals surface area contributed by atoms with Crippen molar-refractivity contribution in [2.75, 3.05) is 26.2 Å². The maximum Gasteiger partial charge on any atom is 0.242 e. The first-order valence-corrected chi connectivity index (χ1v) is 7.78. The summed E-state index contributed by atoms with van der Waals surface area (Å²) in [5, 5.41) is 8.07. The fraction of sp³-hybridized carbons (Fsp3) is 0.714. The zero-order chi connectivity index (χ0) is 15.1. The lowest BCUT2D eigenvalue weighted by Gasteiger charge is -2.41. The molecule has 0 unspecified atom stereocenters. The van der Waals surface area contributed by atoms with Crippen LogP contribution < -0.4 is 0 Å². The van der Waals surface area contributed by atoms with Gasteiger partial charge in [0, 0.05) is 26.1 Å². The average Bonchev–Trinajstić information content (AvgIpc) is 3.16. The van der Waals surface area contributed by atoms with Gasteiger partial charge in [-0.1, -0.05) is 5.21 Å². The Morgan fingerprint density at radius 3 is 3.14 bits per heavy atom. The van der Waals surface area contributed by atoms with E-state index in [9.17, 15) is 9.59 Å². The molecule has 8 heteroatoms. The van der Waals surface area contributed by atoms with Crippen molar-refractivity contribution in [1.29, 1.82) is 0 Å². The van der Waals surface area contributed by atoms with Gasteiger partial charge < -0.3 is 14.5 Å². The van der Waals surface area contributed by atoms with Crippen molar-refractivity contribution in [3.8, 4) is 0 Å². The quantitative estimate of drug-likeness (QED) is 0.741. The van der Waals surface area contributed by atoms with Crippen molar-refractivity contribution in [3.63, 3.8) is 0 Å². The molecule has 2 atom stereocenters. The minimum atomic E-state index is 0.0148. The summed E-state index contributed by atoms with van der Waals surface area (Å²) in [6.07, 6.45) is 4.01. The largest absolute Gasteiger partial charge is 0.370 e. The Labute approximate surface area is 128 Å². The number of rotatable bonds is 2. The van der Waals surface area contributed by atoms with E-state index >= 15 is 0 Å². The standard InChI is InChI=1S/C14H19N5O3/c20-13-2-1-4-17(13)8-14(21)18-5-3-12-11(7-18)19-10(9-22-12)6-15-16-19/h6,11-12H,1-5,7-9H2/t11-,12+/m1/s1. The Morgan fingerprint density at radius 2 is 2.32 bits per heavy atom. The van der Waals surface area contributed by atoms with Crippen LogP contribution in [0.2, 0.25) is 0 Å². The number of amides is 2. The normalized spacial score (nSPS) is 27.7. The van der Waals surface area contributed by atoms with E-state index in [0.717, 1.165) is 18.5 Å². The molecule has 2 amide bonds. The van der Waals surface area contributed by atoms with E-state index < -0.39 is 0 Å². The van der Waals surface area contributed by atoms with Gasteiger partial charge in [0.2, 0.25) is 11.8 Å². The monoisotopic (exact) mass is 305 g/mol. The lowest BCUT2D eigenvalue weighted by Crippen LogP contribution is -2.52. The second kappa shape index (κ2) is 5.35. The lowest BCUT2D eigenvalue weighted by atomic mass is 10.0. The third kappa shape index (κ3) is 2.27. The van der Waals surface area contributed by atoms with E-state index in [2.05, 4.69) is 10.3 Å². The van der Waals surface area contributed by atoms with Crippen LogP contribution in [-0.2, 0) is 20.9 Å². The van der Waals surface area contributed by atoms with Gasteiger partial charge in [-0.2, -0.15) is 0 Å². The van der Waals surface area contributed by atoms with Crippen LogP contribution >= 0.6 is 0 Å². The highest BCUT2D eigenvalue weighted by Gasteiger charge is 2.38. The number of likely N-dealkylation sites (tertiary alicyclic amines) is 2. The van der Waals surface area contributed by atoms with Crippen LogP contribution in [0.3, 0.4) is 0 Å². The van der Waals surface area contributed by atoms with Gasteiger partial charge in [-0.3, -0.25) is 9.59 Å². The maximum atomic E-state index is 12.5. The number of aromatic nitrogens is 3. The fourth-order valence-corrected chi connectivity index (χ4v) is 3.54. The second-order valence-corrected chi connectivity index (χ2v) is 6.13. The van der Waals surface area contributed by atoms with Crippen LogP contribution in [0.1, 0.15) is 31.0 Å². The van der Waals surface area contributed by atoms with Crippen molar-refractivity contribution in [3.05, 3.63) is 11.9 Å². The zero-order valence-electron chi connectivity index (χ0n) is 12.3. The summed E-state index contributed by atoms with van der Waals surface area (Å²) < 4.78 is 7.73. The smallest absolute Gasteiger partial charge is 0.242 e. The van der Waals surface area contributed by atoms with Gasteiger partial charge >= 0.3 is 0 Å². The van der Waals surface area contributed by atoms with E-state index in [1.54, 1.807) is 11.1 Å². The molecule has 2 saturated heterocycles. The first-order valence-electron chi connectivity index (χ1n) is 7.78. The van der Waals surface area contributed by atoms with Crippen molar-refractivity contribution in [2.45, 2.75) is 38.0 Å². The molecule has 4 rings (SSSR count). The third-order valence-corrected chi connectivity index (χ3v) is 4.78. The van der Waals surface area contributed by atoms with Gasteiger partial charge in [-0.25, -0.2) is 4.68 Å². The highest BCUT2D eigenvalue weighted by molar-refractivity contribution is 5.86. The SMILES string of the molecule is O=C1CCCN1CC(=O)N1CC[C@@H]2OCc3cnnn3[C@@H]2C1. The predicted octanol–water partition coefficient (Wildman–Crippen LogP) is -0.427. The third-order valence-electron chi connectivity index (χ3n) is 4.78. The molecule has 1 aromatic rings. The molecule has 0 radical (unpaired) electrons. The molecule has 0 saturated carbocycles. The Kier molecular flexibility index (Phi) is 3.33. The maximum absolute atomic E-state index is 12.5. The molecule has 0 aromatic carbocycles. The number of piperidine rings is 1. The Morgan fingerprint density at radius 1 is 1.41 bits per heavy atom. The fourth-order valence-electron chi connectivity index (χ4n) is 3.54. The van der Waals surface area contributed by atoms with Gasteiger partial charge in [0.15, 0.2) is 0 Å². The van der Waals surface area contributed by atoms with Crippen LogP contribution in [0, 0.1) is 0 Å². The summed E-state index contributed by atoms with van der Waals surface area (Å²) >= 11 is 0. The molecule has 118 valence electrons. The minimum absolute atomic E-state index is 0.0148. The van der Waals surface area contributed by atoms with E-state index in [1.807, 2.05) is 9.58 Å². The molecule has 8 nitrogen and oxygen atoms in total. The van der Waals surface area contributed by atoms with Gasteiger partial charge in [-0.05, 0) is 12.8 Å². The Bertz CT molecular complexity index is 601. The zero-order valence-corrected chi connectivity index (χ0v) is 12.3. The van der Waals surface area contributed by atoms with Crippen molar-refractivity contribution in [2.24, 2.45) is 0 Å². The van der Waals surface area contributed by atoms with Gasteiger partial charge in [0.25, 0.3) is 0 Å². The van der Waals surface area contributed by atoms with Gasteiger partial charge in [0.1, 0.15) is 0 Å². The average molecular weight is 305 g/mol.